The van der Waals surface area contributed by atoms with E-state index in [0.717, 1.165) is 0 Å². The van der Waals surface area contributed by atoms with E-state index in [1.807, 2.05) is 0 Å². The molecule has 0 saturated heterocycles. The molecule has 2 amide bonds. The summed E-state index contributed by atoms with van der Waals surface area (Å²) in [4.78, 5) is 21.9. The lowest BCUT2D eigenvalue weighted by Crippen LogP contribution is -2.30. The highest BCUT2D eigenvalue weighted by molar-refractivity contribution is 5.94. The number of ether oxygens (including phenoxy) is 1. The molecule has 0 spiro atoms. The maximum Gasteiger partial charge on any atom is 0.471 e. The molecule has 1 rings (SSSR count). The van der Waals surface area contributed by atoms with Gasteiger partial charge in [-0.3, -0.25) is 9.59 Å². The number of hydrogen-bond acceptors (Lipinski definition) is 3. The summed E-state index contributed by atoms with van der Waals surface area (Å²) in [5.74, 6) is -2.39. The number of anilines is 1. The maximum atomic E-state index is 12.1. The van der Waals surface area contributed by atoms with Crippen LogP contribution in [0.2, 0.25) is 0 Å². The van der Waals surface area contributed by atoms with Crippen LogP contribution in [0.5, 0.6) is 0 Å². The molecule has 0 atom stereocenters. The average Bonchev–Trinajstić information content (AvgIpc) is 2.36. The molecule has 0 fully saturated rings. The minimum atomic E-state index is -4.94. The van der Waals surface area contributed by atoms with Gasteiger partial charge in [0.25, 0.3) is 0 Å². The summed E-state index contributed by atoms with van der Waals surface area (Å²) < 4.78 is 40.9. The van der Waals surface area contributed by atoms with Crippen molar-refractivity contribution in [2.45, 2.75) is 12.7 Å². The molecule has 20 heavy (non-hydrogen) atoms. The molecule has 1 aromatic carbocycles. The van der Waals surface area contributed by atoms with E-state index in [2.05, 4.69) is 10.1 Å². The Kier molecular flexibility index (Phi) is 5.51. The number of nitrogens with one attached hydrogen (secondary N) is 2. The Morgan fingerprint density at radius 2 is 2.00 bits per heavy atom. The fourth-order valence-corrected chi connectivity index (χ4v) is 1.34. The lowest BCUT2D eigenvalue weighted by atomic mass is 10.2. The van der Waals surface area contributed by atoms with Crippen LogP contribution in [0.1, 0.15) is 5.56 Å². The van der Waals surface area contributed by atoms with Crippen molar-refractivity contribution in [1.29, 1.82) is 0 Å². The summed E-state index contributed by atoms with van der Waals surface area (Å²) in [6.07, 6.45) is -4.94. The van der Waals surface area contributed by atoms with Crippen LogP contribution in [-0.4, -0.2) is 31.7 Å². The molecule has 1 aromatic rings. The van der Waals surface area contributed by atoms with Gasteiger partial charge in [-0.25, -0.2) is 0 Å². The van der Waals surface area contributed by atoms with Crippen molar-refractivity contribution in [3.63, 3.8) is 0 Å². The zero-order chi connectivity index (χ0) is 15.2. The first kappa shape index (κ1) is 16.0. The first-order valence-corrected chi connectivity index (χ1v) is 5.55. The van der Waals surface area contributed by atoms with Gasteiger partial charge < -0.3 is 15.4 Å². The molecule has 0 aliphatic rings. The van der Waals surface area contributed by atoms with Crippen molar-refractivity contribution in [2.24, 2.45) is 0 Å². The molecule has 0 radical (unpaired) electrons. The number of rotatable bonds is 5. The van der Waals surface area contributed by atoms with Crippen LogP contribution in [0.25, 0.3) is 0 Å². The fourth-order valence-electron chi connectivity index (χ4n) is 1.34. The standard InChI is InChI=1S/C12H13F3N2O3/c1-20-7-10(18)16-6-8-3-2-4-9(5-8)17-11(19)12(13,14)15/h2-5H,6-7H2,1H3,(H,16,18)(H,17,19). The number of alkyl halides is 3. The van der Waals surface area contributed by atoms with Gasteiger partial charge in [-0.15, -0.1) is 0 Å². The van der Waals surface area contributed by atoms with E-state index in [9.17, 15) is 22.8 Å². The van der Waals surface area contributed by atoms with E-state index in [-0.39, 0.29) is 24.7 Å². The van der Waals surface area contributed by atoms with Gasteiger partial charge in [0.15, 0.2) is 0 Å². The molecule has 5 nitrogen and oxygen atoms in total. The highest BCUT2D eigenvalue weighted by atomic mass is 19.4. The number of carbonyl (C=O) groups excluding carboxylic acids is 2. The highest BCUT2D eigenvalue weighted by Gasteiger charge is 2.38. The zero-order valence-electron chi connectivity index (χ0n) is 10.6. The first-order valence-electron chi connectivity index (χ1n) is 5.55. The highest BCUT2D eigenvalue weighted by Crippen LogP contribution is 2.18. The van der Waals surface area contributed by atoms with Crippen molar-refractivity contribution >= 4 is 17.5 Å². The molecule has 8 heteroatoms. The predicted octanol–water partition coefficient (Wildman–Crippen LogP) is 1.45. The molecule has 0 aliphatic heterocycles. The Balaban J connectivity index is 2.62. The summed E-state index contributed by atoms with van der Waals surface area (Å²) in [5, 5.41) is 4.25. The summed E-state index contributed by atoms with van der Waals surface area (Å²) in [6.45, 7) is 0.0163. The van der Waals surface area contributed by atoms with Crippen LogP contribution in [-0.2, 0) is 20.9 Å². The third-order valence-corrected chi connectivity index (χ3v) is 2.21. The van der Waals surface area contributed by atoms with E-state index in [1.165, 1.54) is 25.3 Å². The van der Waals surface area contributed by atoms with Crippen LogP contribution < -0.4 is 10.6 Å². The number of halogens is 3. The normalized spacial score (nSPS) is 11.0. The summed E-state index contributed by atoms with van der Waals surface area (Å²) in [6, 6.07) is 5.75. The van der Waals surface area contributed by atoms with Crippen LogP contribution in [0, 0.1) is 0 Å². The largest absolute Gasteiger partial charge is 0.471 e. The topological polar surface area (TPSA) is 67.4 Å². The second kappa shape index (κ2) is 6.90. The monoisotopic (exact) mass is 290 g/mol. The summed E-state index contributed by atoms with van der Waals surface area (Å²) >= 11 is 0. The number of carbonyl (C=O) groups is 2. The van der Waals surface area contributed by atoms with Gasteiger partial charge in [-0.2, -0.15) is 13.2 Å². The second-order valence-electron chi connectivity index (χ2n) is 3.86. The molecule has 0 unspecified atom stereocenters. The van der Waals surface area contributed by atoms with E-state index < -0.39 is 12.1 Å². The number of hydrogen-bond donors (Lipinski definition) is 2. The zero-order valence-corrected chi connectivity index (χ0v) is 10.6. The fraction of sp³-hybridized carbons (Fsp3) is 0.333. The van der Waals surface area contributed by atoms with Crippen LogP contribution >= 0.6 is 0 Å². The Hall–Kier alpha value is -2.09. The minimum Gasteiger partial charge on any atom is -0.375 e. The lowest BCUT2D eigenvalue weighted by Gasteiger charge is -2.10. The van der Waals surface area contributed by atoms with Crippen LogP contribution in [0.3, 0.4) is 0 Å². The Morgan fingerprint density at radius 1 is 1.30 bits per heavy atom. The van der Waals surface area contributed by atoms with Crippen molar-refractivity contribution in [2.75, 3.05) is 19.0 Å². The molecule has 0 heterocycles. The van der Waals surface area contributed by atoms with Gasteiger partial charge in [-0.1, -0.05) is 12.1 Å². The predicted molar refractivity (Wildman–Crippen MR) is 64.8 cm³/mol. The average molecular weight is 290 g/mol. The number of benzene rings is 1. The maximum absolute atomic E-state index is 12.1. The third kappa shape index (κ3) is 5.27. The van der Waals surface area contributed by atoms with E-state index >= 15 is 0 Å². The van der Waals surface area contributed by atoms with Crippen molar-refractivity contribution in [1.82, 2.24) is 5.32 Å². The Bertz CT molecular complexity index is 489. The van der Waals surface area contributed by atoms with Crippen LogP contribution in [0.4, 0.5) is 18.9 Å². The van der Waals surface area contributed by atoms with Crippen LogP contribution in [0.15, 0.2) is 24.3 Å². The second-order valence-corrected chi connectivity index (χ2v) is 3.86. The van der Waals surface area contributed by atoms with Crippen molar-refractivity contribution in [3.8, 4) is 0 Å². The minimum absolute atomic E-state index is 0.00538. The van der Waals surface area contributed by atoms with Gasteiger partial charge in [0.2, 0.25) is 5.91 Å². The Labute approximate surface area is 113 Å². The molecule has 2 N–H and O–H groups in total. The lowest BCUT2D eigenvalue weighted by molar-refractivity contribution is -0.167. The van der Waals surface area contributed by atoms with Crippen molar-refractivity contribution < 1.29 is 27.5 Å². The van der Waals surface area contributed by atoms with Crippen molar-refractivity contribution in [3.05, 3.63) is 29.8 Å². The van der Waals surface area contributed by atoms with E-state index in [4.69, 9.17) is 0 Å². The number of amides is 2. The SMILES string of the molecule is COCC(=O)NCc1cccc(NC(=O)C(F)(F)F)c1. The van der Waals surface area contributed by atoms with E-state index in [0.29, 0.717) is 5.56 Å². The molecular formula is C12H13F3N2O3. The van der Waals surface area contributed by atoms with Gasteiger partial charge in [0.1, 0.15) is 6.61 Å². The molecular weight excluding hydrogens is 277 g/mol. The molecule has 110 valence electrons. The molecule has 0 aromatic heterocycles. The number of methoxy groups -OCH3 is 1. The molecule has 0 saturated carbocycles. The smallest absolute Gasteiger partial charge is 0.375 e. The van der Waals surface area contributed by atoms with E-state index in [1.54, 1.807) is 11.4 Å². The van der Waals surface area contributed by atoms with Gasteiger partial charge in [0.05, 0.1) is 0 Å². The van der Waals surface area contributed by atoms with Gasteiger partial charge in [-0.05, 0) is 17.7 Å². The third-order valence-electron chi connectivity index (χ3n) is 2.21. The molecule has 0 aliphatic carbocycles. The summed E-state index contributed by atoms with van der Waals surface area (Å²) in [5.41, 5.74) is 0.556. The molecule has 0 bridgehead atoms. The first-order chi connectivity index (χ1) is 9.32. The summed E-state index contributed by atoms with van der Waals surface area (Å²) in [7, 11) is 1.37. The van der Waals surface area contributed by atoms with Gasteiger partial charge >= 0.3 is 12.1 Å². The Morgan fingerprint density at radius 3 is 2.60 bits per heavy atom. The quantitative estimate of drug-likeness (QED) is 0.862. The van der Waals surface area contributed by atoms with Gasteiger partial charge in [0, 0.05) is 19.3 Å².